The van der Waals surface area contributed by atoms with Crippen molar-refractivity contribution in [3.05, 3.63) is 41.6 Å². The molecule has 18 heavy (non-hydrogen) atoms. The molecule has 0 saturated carbocycles. The van der Waals surface area contributed by atoms with Gasteiger partial charge in [-0.2, -0.15) is 4.98 Å². The van der Waals surface area contributed by atoms with Gasteiger partial charge in [0.25, 0.3) is 5.89 Å². The SMILES string of the molecule is Nc1cccc(Cl)c1-c1nc(-c2ccco2)no1. The van der Waals surface area contributed by atoms with Gasteiger partial charge in [-0.05, 0) is 24.3 Å². The fraction of sp³-hybridized carbons (Fsp3) is 0. The van der Waals surface area contributed by atoms with E-state index in [-0.39, 0.29) is 5.89 Å². The van der Waals surface area contributed by atoms with E-state index in [2.05, 4.69) is 10.1 Å². The third kappa shape index (κ3) is 1.74. The Kier molecular flexibility index (Phi) is 2.53. The lowest BCUT2D eigenvalue weighted by Gasteiger charge is -2.01. The van der Waals surface area contributed by atoms with E-state index in [1.807, 2.05) is 0 Å². The van der Waals surface area contributed by atoms with Crippen LogP contribution in [0.5, 0.6) is 0 Å². The highest BCUT2D eigenvalue weighted by atomic mass is 35.5. The number of anilines is 1. The number of rotatable bonds is 2. The Morgan fingerprint density at radius 2 is 2.06 bits per heavy atom. The third-order valence-electron chi connectivity index (χ3n) is 2.43. The van der Waals surface area contributed by atoms with Crippen molar-refractivity contribution in [2.45, 2.75) is 0 Å². The fourth-order valence-corrected chi connectivity index (χ4v) is 1.86. The van der Waals surface area contributed by atoms with Gasteiger partial charge in [0.1, 0.15) is 0 Å². The summed E-state index contributed by atoms with van der Waals surface area (Å²) in [4.78, 5) is 4.21. The molecule has 0 unspecified atom stereocenters. The van der Waals surface area contributed by atoms with Crippen molar-refractivity contribution in [1.29, 1.82) is 0 Å². The van der Waals surface area contributed by atoms with Crippen molar-refractivity contribution in [1.82, 2.24) is 10.1 Å². The number of nitrogen functional groups attached to an aromatic ring is 1. The van der Waals surface area contributed by atoms with Crippen LogP contribution in [-0.4, -0.2) is 10.1 Å². The van der Waals surface area contributed by atoms with Gasteiger partial charge >= 0.3 is 0 Å². The Bertz CT molecular complexity index is 656. The highest BCUT2D eigenvalue weighted by Crippen LogP contribution is 2.32. The molecular formula is C12H8ClN3O2. The van der Waals surface area contributed by atoms with E-state index in [0.717, 1.165) is 0 Å². The summed E-state index contributed by atoms with van der Waals surface area (Å²) in [5.41, 5.74) is 6.86. The van der Waals surface area contributed by atoms with E-state index in [9.17, 15) is 0 Å². The van der Waals surface area contributed by atoms with Crippen LogP contribution in [0.3, 0.4) is 0 Å². The van der Waals surface area contributed by atoms with Crippen LogP contribution >= 0.6 is 11.6 Å². The molecule has 6 heteroatoms. The van der Waals surface area contributed by atoms with Gasteiger partial charge in [0, 0.05) is 5.69 Å². The molecule has 0 aliphatic rings. The molecule has 0 spiro atoms. The molecule has 0 saturated heterocycles. The molecule has 2 aromatic heterocycles. The van der Waals surface area contributed by atoms with Gasteiger partial charge in [0.15, 0.2) is 5.76 Å². The molecule has 5 nitrogen and oxygen atoms in total. The van der Waals surface area contributed by atoms with Crippen molar-refractivity contribution in [3.8, 4) is 23.0 Å². The Morgan fingerprint density at radius 1 is 1.17 bits per heavy atom. The van der Waals surface area contributed by atoms with Crippen molar-refractivity contribution in [2.24, 2.45) is 0 Å². The van der Waals surface area contributed by atoms with Crippen LogP contribution in [-0.2, 0) is 0 Å². The quantitative estimate of drug-likeness (QED) is 0.717. The Morgan fingerprint density at radius 3 is 2.78 bits per heavy atom. The molecule has 0 bridgehead atoms. The average Bonchev–Trinajstić information content (AvgIpc) is 2.99. The van der Waals surface area contributed by atoms with Crippen LogP contribution in [0, 0.1) is 0 Å². The highest BCUT2D eigenvalue weighted by molar-refractivity contribution is 6.33. The normalized spacial score (nSPS) is 10.7. The van der Waals surface area contributed by atoms with Crippen LogP contribution in [0.25, 0.3) is 23.0 Å². The number of aromatic nitrogens is 2. The van der Waals surface area contributed by atoms with E-state index < -0.39 is 0 Å². The highest BCUT2D eigenvalue weighted by Gasteiger charge is 2.16. The van der Waals surface area contributed by atoms with Crippen LogP contribution < -0.4 is 5.73 Å². The zero-order valence-electron chi connectivity index (χ0n) is 9.13. The molecule has 0 aliphatic heterocycles. The van der Waals surface area contributed by atoms with E-state index >= 15 is 0 Å². The monoisotopic (exact) mass is 261 g/mol. The Labute approximate surface area is 107 Å². The van der Waals surface area contributed by atoms with Crippen molar-refractivity contribution >= 4 is 17.3 Å². The zero-order valence-corrected chi connectivity index (χ0v) is 9.89. The molecule has 3 aromatic rings. The van der Waals surface area contributed by atoms with E-state index in [1.54, 1.807) is 30.3 Å². The molecule has 1 aromatic carbocycles. The van der Waals surface area contributed by atoms with Gasteiger partial charge in [-0.1, -0.05) is 22.8 Å². The van der Waals surface area contributed by atoms with E-state index in [0.29, 0.717) is 27.9 Å². The minimum Gasteiger partial charge on any atom is -0.461 e. The number of benzene rings is 1. The first-order chi connectivity index (χ1) is 8.75. The van der Waals surface area contributed by atoms with Crippen molar-refractivity contribution in [3.63, 3.8) is 0 Å². The number of hydrogen-bond acceptors (Lipinski definition) is 5. The van der Waals surface area contributed by atoms with Crippen LogP contribution in [0.1, 0.15) is 0 Å². The van der Waals surface area contributed by atoms with E-state index in [4.69, 9.17) is 26.3 Å². The first kappa shape index (κ1) is 10.9. The standard InChI is InChI=1S/C12H8ClN3O2/c13-7-3-1-4-8(14)10(7)12-15-11(16-18-12)9-5-2-6-17-9/h1-6H,14H2. The number of halogens is 1. The van der Waals surface area contributed by atoms with Gasteiger partial charge in [-0.15, -0.1) is 0 Å². The van der Waals surface area contributed by atoms with Crippen molar-refractivity contribution < 1.29 is 8.94 Å². The number of nitrogens with zero attached hydrogens (tertiary/aromatic N) is 2. The zero-order chi connectivity index (χ0) is 12.5. The molecule has 3 rings (SSSR count). The summed E-state index contributed by atoms with van der Waals surface area (Å²) < 4.78 is 10.3. The number of furan rings is 1. The lowest BCUT2D eigenvalue weighted by atomic mass is 10.2. The fourth-order valence-electron chi connectivity index (χ4n) is 1.60. The third-order valence-corrected chi connectivity index (χ3v) is 2.74. The van der Waals surface area contributed by atoms with Gasteiger partial charge < -0.3 is 14.7 Å². The molecule has 0 fully saturated rings. The summed E-state index contributed by atoms with van der Waals surface area (Å²) in [5.74, 6) is 1.15. The summed E-state index contributed by atoms with van der Waals surface area (Å²) in [6.45, 7) is 0. The maximum atomic E-state index is 6.07. The van der Waals surface area contributed by atoms with Crippen LogP contribution in [0.4, 0.5) is 5.69 Å². The maximum Gasteiger partial charge on any atom is 0.261 e. The minimum absolute atomic E-state index is 0.268. The van der Waals surface area contributed by atoms with Crippen LogP contribution in [0.2, 0.25) is 5.02 Å². The molecule has 2 heterocycles. The number of nitrogens with two attached hydrogens (primary N) is 1. The van der Waals surface area contributed by atoms with Gasteiger partial charge in [0.05, 0.1) is 16.8 Å². The van der Waals surface area contributed by atoms with Gasteiger partial charge in [-0.3, -0.25) is 0 Å². The molecule has 0 amide bonds. The molecular weight excluding hydrogens is 254 g/mol. The van der Waals surface area contributed by atoms with Gasteiger partial charge in [0.2, 0.25) is 5.82 Å². The average molecular weight is 262 g/mol. The predicted octanol–water partition coefficient (Wildman–Crippen LogP) is 3.23. The molecule has 0 atom stereocenters. The molecule has 0 radical (unpaired) electrons. The van der Waals surface area contributed by atoms with Crippen molar-refractivity contribution in [2.75, 3.05) is 5.73 Å². The maximum absolute atomic E-state index is 6.07. The molecule has 2 N–H and O–H groups in total. The minimum atomic E-state index is 0.268. The Hall–Kier alpha value is -2.27. The lowest BCUT2D eigenvalue weighted by Crippen LogP contribution is -1.90. The Balaban J connectivity index is 2.09. The first-order valence-electron chi connectivity index (χ1n) is 5.17. The predicted molar refractivity (Wildman–Crippen MR) is 66.9 cm³/mol. The molecule has 0 aliphatic carbocycles. The largest absolute Gasteiger partial charge is 0.461 e. The number of hydrogen-bond donors (Lipinski definition) is 1. The second kappa shape index (κ2) is 4.19. The smallest absolute Gasteiger partial charge is 0.261 e. The second-order valence-electron chi connectivity index (χ2n) is 3.60. The second-order valence-corrected chi connectivity index (χ2v) is 4.01. The lowest BCUT2D eigenvalue weighted by molar-refractivity contribution is 0.429. The summed E-state index contributed by atoms with van der Waals surface area (Å²) >= 11 is 6.07. The van der Waals surface area contributed by atoms with Gasteiger partial charge in [-0.25, -0.2) is 0 Å². The summed E-state index contributed by atoms with van der Waals surface area (Å²) in [5, 5.41) is 4.29. The summed E-state index contributed by atoms with van der Waals surface area (Å²) in [7, 11) is 0. The molecule has 90 valence electrons. The summed E-state index contributed by atoms with van der Waals surface area (Å²) in [6.07, 6.45) is 1.54. The topological polar surface area (TPSA) is 78.1 Å². The first-order valence-corrected chi connectivity index (χ1v) is 5.55. The summed E-state index contributed by atoms with van der Waals surface area (Å²) in [6, 6.07) is 8.67. The van der Waals surface area contributed by atoms with E-state index in [1.165, 1.54) is 6.26 Å². The van der Waals surface area contributed by atoms with Crippen LogP contribution in [0.15, 0.2) is 45.5 Å².